The van der Waals surface area contributed by atoms with Crippen LogP contribution < -0.4 is 10.2 Å². The van der Waals surface area contributed by atoms with Crippen LogP contribution in [0.5, 0.6) is 5.88 Å². The van der Waals surface area contributed by atoms with Gasteiger partial charge in [-0.05, 0) is 18.2 Å². The first-order valence-electron chi connectivity index (χ1n) is 6.35. The molecule has 7 nitrogen and oxygen atoms in total. The van der Waals surface area contributed by atoms with Crippen molar-refractivity contribution in [3.05, 3.63) is 53.7 Å². The number of nitrogens with one attached hydrogen (secondary N) is 1. The van der Waals surface area contributed by atoms with Gasteiger partial charge in [0.15, 0.2) is 5.84 Å². The Kier molecular flexibility index (Phi) is 3.60. The van der Waals surface area contributed by atoms with E-state index in [2.05, 4.69) is 19.9 Å². The van der Waals surface area contributed by atoms with E-state index >= 15 is 0 Å². The second-order valence-electron chi connectivity index (χ2n) is 4.39. The number of nitrogens with zero attached hydrogens (tertiary/aromatic N) is 3. The highest BCUT2D eigenvalue weighted by Crippen LogP contribution is 2.24. The summed E-state index contributed by atoms with van der Waals surface area (Å²) in [6.45, 7) is 0. The summed E-state index contributed by atoms with van der Waals surface area (Å²) in [5.41, 5.74) is 3.71. The molecule has 0 amide bonds. The molecule has 0 unspecified atom stereocenters. The summed E-state index contributed by atoms with van der Waals surface area (Å²) < 4.78 is 32.4. The van der Waals surface area contributed by atoms with Crippen LogP contribution in [0.3, 0.4) is 0 Å². The normalized spacial score (nSPS) is 15.4. The molecule has 0 radical (unpaired) electrons. The minimum absolute atomic E-state index is 0.173. The molecule has 1 aromatic carbocycles. The average molecular weight is 316 g/mol. The van der Waals surface area contributed by atoms with Crippen LogP contribution >= 0.6 is 0 Å². The van der Waals surface area contributed by atoms with E-state index in [9.17, 15) is 8.42 Å². The maximum atomic E-state index is 11.9. The second kappa shape index (κ2) is 5.57. The number of aromatic nitrogens is 1. The quantitative estimate of drug-likeness (QED) is 0.677. The van der Waals surface area contributed by atoms with Gasteiger partial charge >= 0.3 is 0 Å². The van der Waals surface area contributed by atoms with Gasteiger partial charge in [-0.15, -0.1) is 4.40 Å². The third-order valence-corrected chi connectivity index (χ3v) is 4.29. The van der Waals surface area contributed by atoms with Gasteiger partial charge in [0.05, 0.1) is 19.0 Å². The van der Waals surface area contributed by atoms with Crippen LogP contribution in [0.2, 0.25) is 0 Å². The lowest BCUT2D eigenvalue weighted by Gasteiger charge is -2.01. The Morgan fingerprint density at radius 2 is 2.00 bits per heavy atom. The van der Waals surface area contributed by atoms with E-state index < -0.39 is 10.0 Å². The Hall–Kier alpha value is -2.74. The number of rotatable bonds is 3. The highest BCUT2D eigenvalue weighted by Gasteiger charge is 2.28. The van der Waals surface area contributed by atoms with Gasteiger partial charge in [0.2, 0.25) is 5.88 Å². The summed E-state index contributed by atoms with van der Waals surface area (Å²) in [4.78, 5) is 4.33. The predicted molar refractivity (Wildman–Crippen MR) is 81.7 cm³/mol. The molecule has 0 atom stereocenters. The SMILES string of the molecule is COc1cccc(C=NNC2=NS(=O)(=O)c3ccccc32)n1. The number of sulfonamides is 1. The number of hydrogen-bond donors (Lipinski definition) is 1. The Morgan fingerprint density at radius 3 is 2.82 bits per heavy atom. The molecule has 0 bridgehead atoms. The first-order chi connectivity index (χ1) is 10.6. The van der Waals surface area contributed by atoms with Crippen LogP contribution in [0.4, 0.5) is 0 Å². The molecule has 112 valence electrons. The molecule has 0 saturated heterocycles. The fourth-order valence-electron chi connectivity index (χ4n) is 1.96. The molecule has 0 aliphatic carbocycles. The molecule has 1 aromatic heterocycles. The van der Waals surface area contributed by atoms with Crippen LogP contribution in [0.1, 0.15) is 11.3 Å². The van der Waals surface area contributed by atoms with Crippen LogP contribution in [-0.4, -0.2) is 32.6 Å². The van der Waals surface area contributed by atoms with Crippen molar-refractivity contribution in [1.82, 2.24) is 10.4 Å². The smallest absolute Gasteiger partial charge is 0.285 e. The molecule has 8 heteroatoms. The van der Waals surface area contributed by atoms with Crippen LogP contribution in [0, 0.1) is 0 Å². The van der Waals surface area contributed by atoms with Gasteiger partial charge in [0.25, 0.3) is 10.0 Å². The van der Waals surface area contributed by atoms with E-state index in [-0.39, 0.29) is 10.7 Å². The number of hydrogen-bond acceptors (Lipinski definition) is 6. The predicted octanol–water partition coefficient (Wildman–Crippen LogP) is 1.16. The summed E-state index contributed by atoms with van der Waals surface area (Å²) in [5, 5.41) is 3.98. The number of ether oxygens (including phenoxy) is 1. The molecule has 0 fully saturated rings. The molecule has 1 N–H and O–H groups in total. The number of benzene rings is 1. The van der Waals surface area contributed by atoms with Gasteiger partial charge in [-0.2, -0.15) is 13.5 Å². The van der Waals surface area contributed by atoms with Crippen molar-refractivity contribution in [2.24, 2.45) is 9.50 Å². The van der Waals surface area contributed by atoms with E-state index in [0.29, 0.717) is 17.1 Å². The first kappa shape index (κ1) is 14.2. The van der Waals surface area contributed by atoms with Crippen molar-refractivity contribution < 1.29 is 13.2 Å². The van der Waals surface area contributed by atoms with Gasteiger partial charge in [0.1, 0.15) is 4.90 Å². The van der Waals surface area contributed by atoms with Gasteiger partial charge in [-0.25, -0.2) is 4.98 Å². The number of hydrazone groups is 1. The number of amidine groups is 1. The molecule has 3 rings (SSSR count). The van der Waals surface area contributed by atoms with Crippen LogP contribution in [-0.2, 0) is 10.0 Å². The maximum absolute atomic E-state index is 11.9. The van der Waals surface area contributed by atoms with Crippen molar-refractivity contribution in [2.75, 3.05) is 7.11 Å². The van der Waals surface area contributed by atoms with Crippen LogP contribution in [0.25, 0.3) is 0 Å². The van der Waals surface area contributed by atoms with E-state index in [1.54, 1.807) is 36.4 Å². The van der Waals surface area contributed by atoms with Gasteiger partial charge in [0, 0.05) is 11.6 Å². The van der Waals surface area contributed by atoms with Crippen molar-refractivity contribution in [3.63, 3.8) is 0 Å². The highest BCUT2D eigenvalue weighted by atomic mass is 32.2. The number of pyridine rings is 1. The Bertz CT molecular complexity index is 875. The Morgan fingerprint density at radius 1 is 1.18 bits per heavy atom. The zero-order valence-corrected chi connectivity index (χ0v) is 12.4. The lowest BCUT2D eigenvalue weighted by Crippen LogP contribution is -2.17. The average Bonchev–Trinajstić information content (AvgIpc) is 2.79. The topological polar surface area (TPSA) is 93.0 Å². The summed E-state index contributed by atoms with van der Waals surface area (Å²) in [7, 11) is -2.12. The van der Waals surface area contributed by atoms with E-state index in [4.69, 9.17) is 4.74 Å². The Labute approximate surface area is 127 Å². The third kappa shape index (κ3) is 2.68. The monoisotopic (exact) mass is 316 g/mol. The molecular weight excluding hydrogens is 304 g/mol. The van der Waals surface area contributed by atoms with Gasteiger partial charge < -0.3 is 4.74 Å². The summed E-state index contributed by atoms with van der Waals surface area (Å²) in [6.07, 6.45) is 1.46. The van der Waals surface area contributed by atoms with Gasteiger partial charge in [-0.3, -0.25) is 5.43 Å². The standard InChI is InChI=1S/C14H12N4O3S/c1-21-13-8-4-5-10(16-13)9-15-17-14-11-6-2-3-7-12(11)22(19,20)18-14/h2-9H,1H3,(H,17,18). The number of methoxy groups -OCH3 is 1. The van der Waals surface area contributed by atoms with Crippen molar-refractivity contribution in [3.8, 4) is 5.88 Å². The molecule has 1 aliphatic rings. The third-order valence-electron chi connectivity index (χ3n) is 2.95. The molecule has 0 saturated carbocycles. The highest BCUT2D eigenvalue weighted by molar-refractivity contribution is 7.90. The second-order valence-corrected chi connectivity index (χ2v) is 5.96. The molecule has 0 spiro atoms. The first-order valence-corrected chi connectivity index (χ1v) is 7.79. The van der Waals surface area contributed by atoms with E-state index in [1.165, 1.54) is 19.4 Å². The summed E-state index contributed by atoms with van der Waals surface area (Å²) >= 11 is 0. The molecule has 2 heterocycles. The molecule has 2 aromatic rings. The maximum Gasteiger partial charge on any atom is 0.285 e. The summed E-state index contributed by atoms with van der Waals surface area (Å²) in [6, 6.07) is 11.8. The van der Waals surface area contributed by atoms with Crippen molar-refractivity contribution >= 4 is 22.1 Å². The van der Waals surface area contributed by atoms with Crippen LogP contribution in [0.15, 0.2) is 56.9 Å². The number of fused-ring (bicyclic) bond motifs is 1. The molecule has 22 heavy (non-hydrogen) atoms. The van der Waals surface area contributed by atoms with E-state index in [0.717, 1.165) is 0 Å². The summed E-state index contributed by atoms with van der Waals surface area (Å²) in [5.74, 6) is 0.657. The lowest BCUT2D eigenvalue weighted by molar-refractivity contribution is 0.397. The van der Waals surface area contributed by atoms with Crippen molar-refractivity contribution in [1.29, 1.82) is 0 Å². The largest absolute Gasteiger partial charge is 0.481 e. The van der Waals surface area contributed by atoms with Crippen molar-refractivity contribution in [2.45, 2.75) is 4.90 Å². The fourth-order valence-corrected chi connectivity index (χ4v) is 3.13. The zero-order valence-electron chi connectivity index (χ0n) is 11.6. The molecule has 1 aliphatic heterocycles. The van der Waals surface area contributed by atoms with Gasteiger partial charge in [-0.1, -0.05) is 18.2 Å². The zero-order chi connectivity index (χ0) is 15.6. The minimum atomic E-state index is -3.64. The van der Waals surface area contributed by atoms with E-state index in [1.807, 2.05) is 0 Å². The molecular formula is C14H12N4O3S. The fraction of sp³-hybridized carbons (Fsp3) is 0.0714. The minimum Gasteiger partial charge on any atom is -0.481 e. The Balaban J connectivity index is 1.81. The lowest BCUT2D eigenvalue weighted by atomic mass is 10.2.